The van der Waals surface area contributed by atoms with E-state index in [-0.39, 0.29) is 41.3 Å². The van der Waals surface area contributed by atoms with Gasteiger partial charge in [0.15, 0.2) is 5.69 Å². The third-order valence-corrected chi connectivity index (χ3v) is 8.08. The number of hydrogen-bond donors (Lipinski definition) is 2. The van der Waals surface area contributed by atoms with Gasteiger partial charge in [-0.2, -0.15) is 0 Å². The van der Waals surface area contributed by atoms with Gasteiger partial charge in [0.05, 0.1) is 6.54 Å². The Bertz CT molecular complexity index is 1420. The van der Waals surface area contributed by atoms with Crippen LogP contribution in [0.2, 0.25) is 0 Å². The Labute approximate surface area is 228 Å². The number of aromatic nitrogens is 1. The van der Waals surface area contributed by atoms with Crippen molar-refractivity contribution in [1.82, 2.24) is 25.0 Å². The molecule has 3 fully saturated rings. The Hall–Kier alpha value is -3.84. The standard InChI is InChI=1S/C27H29F2N5O6/c28-16-6-5-15(19(29)9-16)10-31-25(36)18-12-32-13-21-33-8-2-3-17(33)11-34(21)26(37)22(32)24(23(18)35)39-14-40-27(38)20-4-1-7-30-20/h5-6,9,12,17,20-21,30H,1-4,7-8,10-11,13-14H2,(H,31,36)/t17?,20-,21-/m0/s1. The highest BCUT2D eigenvalue weighted by molar-refractivity contribution is 5.99. The first-order valence-electron chi connectivity index (χ1n) is 13.4. The van der Waals surface area contributed by atoms with Crippen LogP contribution in [0.1, 0.15) is 52.1 Å². The summed E-state index contributed by atoms with van der Waals surface area (Å²) in [6, 6.07) is 2.73. The molecule has 0 spiro atoms. The first kappa shape index (κ1) is 26.4. The van der Waals surface area contributed by atoms with Crippen molar-refractivity contribution in [1.29, 1.82) is 0 Å². The number of halogens is 2. The summed E-state index contributed by atoms with van der Waals surface area (Å²) in [5, 5.41) is 5.50. The smallest absolute Gasteiger partial charge is 0.326 e. The number of fused-ring (bicyclic) bond motifs is 4. The van der Waals surface area contributed by atoms with Crippen molar-refractivity contribution in [2.45, 2.75) is 57.0 Å². The molecule has 6 rings (SSSR count). The first-order chi connectivity index (χ1) is 19.3. The first-order valence-corrected chi connectivity index (χ1v) is 13.4. The predicted molar refractivity (Wildman–Crippen MR) is 135 cm³/mol. The highest BCUT2D eigenvalue weighted by Gasteiger charge is 2.48. The molecule has 1 aromatic carbocycles. The Morgan fingerprint density at radius 2 is 1.98 bits per heavy atom. The van der Waals surface area contributed by atoms with Crippen LogP contribution in [0.5, 0.6) is 5.75 Å². The summed E-state index contributed by atoms with van der Waals surface area (Å²) in [7, 11) is 0. The Morgan fingerprint density at radius 1 is 1.12 bits per heavy atom. The number of nitrogens with one attached hydrogen (secondary N) is 2. The molecule has 0 radical (unpaired) electrons. The van der Waals surface area contributed by atoms with E-state index in [2.05, 4.69) is 15.5 Å². The lowest BCUT2D eigenvalue weighted by Crippen LogP contribution is -2.50. The van der Waals surface area contributed by atoms with Crippen LogP contribution in [0.15, 0.2) is 29.2 Å². The number of esters is 1. The molecule has 0 bridgehead atoms. The minimum Gasteiger partial charge on any atom is -0.451 e. The van der Waals surface area contributed by atoms with Crippen molar-refractivity contribution >= 4 is 17.8 Å². The van der Waals surface area contributed by atoms with Gasteiger partial charge in [0, 0.05) is 43.5 Å². The van der Waals surface area contributed by atoms with Crippen LogP contribution >= 0.6 is 0 Å². The van der Waals surface area contributed by atoms with Crippen molar-refractivity contribution in [2.24, 2.45) is 0 Å². The zero-order valence-electron chi connectivity index (χ0n) is 21.7. The number of amides is 2. The van der Waals surface area contributed by atoms with Gasteiger partial charge >= 0.3 is 5.97 Å². The fourth-order valence-electron chi connectivity index (χ4n) is 6.08. The Morgan fingerprint density at radius 3 is 2.75 bits per heavy atom. The van der Waals surface area contributed by atoms with Crippen LogP contribution in [0.25, 0.3) is 0 Å². The van der Waals surface area contributed by atoms with Crippen LogP contribution in [-0.2, 0) is 22.6 Å². The average molecular weight is 558 g/mol. The van der Waals surface area contributed by atoms with E-state index < -0.39 is 47.7 Å². The number of carbonyl (C=O) groups is 3. The number of benzene rings is 1. The molecule has 4 aliphatic rings. The van der Waals surface area contributed by atoms with E-state index in [4.69, 9.17) is 9.47 Å². The molecule has 2 N–H and O–H groups in total. The molecule has 1 unspecified atom stereocenters. The normalized spacial score (nSPS) is 23.5. The average Bonchev–Trinajstić information content (AvgIpc) is 3.68. The van der Waals surface area contributed by atoms with Crippen LogP contribution in [-0.4, -0.2) is 76.8 Å². The number of carbonyl (C=O) groups excluding carboxylic acids is 3. The Kier molecular flexibility index (Phi) is 7.00. The summed E-state index contributed by atoms with van der Waals surface area (Å²) in [6.45, 7) is 1.48. The zero-order chi connectivity index (χ0) is 28.0. The molecule has 2 amide bonds. The molecule has 11 nitrogen and oxygen atoms in total. The van der Waals surface area contributed by atoms with Crippen molar-refractivity contribution < 1.29 is 32.6 Å². The van der Waals surface area contributed by atoms with Crippen molar-refractivity contribution in [2.75, 3.05) is 26.4 Å². The van der Waals surface area contributed by atoms with Crippen LogP contribution in [0, 0.1) is 11.6 Å². The van der Waals surface area contributed by atoms with Gasteiger partial charge in [0.25, 0.3) is 11.8 Å². The second-order valence-corrected chi connectivity index (χ2v) is 10.5. The summed E-state index contributed by atoms with van der Waals surface area (Å²) in [6.07, 6.45) is 4.54. The lowest BCUT2D eigenvalue weighted by atomic mass is 10.1. The van der Waals surface area contributed by atoms with Crippen molar-refractivity contribution in [3.63, 3.8) is 0 Å². The zero-order valence-corrected chi connectivity index (χ0v) is 21.7. The van der Waals surface area contributed by atoms with E-state index in [0.717, 1.165) is 31.9 Å². The van der Waals surface area contributed by atoms with Gasteiger partial charge in [-0.1, -0.05) is 6.07 Å². The quantitative estimate of drug-likeness (QED) is 0.381. The molecule has 1 aromatic heterocycles. The molecule has 40 heavy (non-hydrogen) atoms. The number of rotatable bonds is 7. The topological polar surface area (TPSA) is 122 Å². The van der Waals surface area contributed by atoms with Gasteiger partial charge in [0.1, 0.15) is 29.4 Å². The highest BCUT2D eigenvalue weighted by Crippen LogP contribution is 2.35. The van der Waals surface area contributed by atoms with Gasteiger partial charge in [-0.3, -0.25) is 24.1 Å². The minimum absolute atomic E-state index is 0.0152. The molecule has 13 heteroatoms. The molecule has 3 saturated heterocycles. The van der Waals surface area contributed by atoms with E-state index in [9.17, 15) is 28.0 Å². The van der Waals surface area contributed by atoms with E-state index in [1.807, 2.05) is 0 Å². The summed E-state index contributed by atoms with van der Waals surface area (Å²) in [5.74, 6) is -3.73. The largest absolute Gasteiger partial charge is 0.451 e. The van der Waals surface area contributed by atoms with E-state index in [1.54, 1.807) is 4.90 Å². The van der Waals surface area contributed by atoms with Crippen molar-refractivity contribution in [3.05, 3.63) is 63.1 Å². The SMILES string of the molecule is O=C(NCc1ccc(F)cc1F)c1cn2c(c(OCOC(=O)[C@@H]3CCCN3)c1=O)C(=O)N1CC3CCCN3[C@@H]1C2. The molecule has 0 saturated carbocycles. The molecular weight excluding hydrogens is 528 g/mol. The van der Waals surface area contributed by atoms with Gasteiger partial charge in [0.2, 0.25) is 18.0 Å². The number of nitrogens with zero attached hydrogens (tertiary/aromatic N) is 3. The summed E-state index contributed by atoms with van der Waals surface area (Å²) >= 11 is 0. The highest BCUT2D eigenvalue weighted by atomic mass is 19.1. The van der Waals surface area contributed by atoms with Gasteiger partial charge < -0.3 is 29.6 Å². The molecule has 0 aliphatic carbocycles. The van der Waals surface area contributed by atoms with Gasteiger partial charge in [-0.15, -0.1) is 0 Å². The summed E-state index contributed by atoms with van der Waals surface area (Å²) < 4.78 is 39.7. The fourth-order valence-corrected chi connectivity index (χ4v) is 6.08. The molecule has 5 heterocycles. The maximum Gasteiger partial charge on any atom is 0.326 e. The molecule has 212 valence electrons. The number of hydrogen-bond acceptors (Lipinski definition) is 8. The number of pyridine rings is 1. The molecule has 3 atom stereocenters. The molecular formula is C27H29F2N5O6. The summed E-state index contributed by atoms with van der Waals surface area (Å²) in [5.41, 5.74) is -1.15. The monoisotopic (exact) mass is 557 g/mol. The van der Waals surface area contributed by atoms with Crippen molar-refractivity contribution in [3.8, 4) is 5.75 Å². The fraction of sp³-hybridized carbons (Fsp3) is 0.481. The van der Waals surface area contributed by atoms with Crippen LogP contribution in [0.3, 0.4) is 0 Å². The van der Waals surface area contributed by atoms with Crippen LogP contribution < -0.4 is 20.8 Å². The molecule has 2 aromatic rings. The Balaban J connectivity index is 1.29. The molecule has 4 aliphatic heterocycles. The predicted octanol–water partition coefficient (Wildman–Crippen LogP) is 0.948. The van der Waals surface area contributed by atoms with E-state index in [0.29, 0.717) is 32.1 Å². The van der Waals surface area contributed by atoms with E-state index in [1.165, 1.54) is 16.8 Å². The second-order valence-electron chi connectivity index (χ2n) is 10.5. The minimum atomic E-state index is -0.857. The second kappa shape index (κ2) is 10.6. The van der Waals surface area contributed by atoms with Gasteiger partial charge in [-0.25, -0.2) is 8.78 Å². The van der Waals surface area contributed by atoms with Crippen LogP contribution in [0.4, 0.5) is 8.78 Å². The van der Waals surface area contributed by atoms with Gasteiger partial charge in [-0.05, 0) is 38.3 Å². The number of ether oxygens (including phenoxy) is 2. The maximum atomic E-state index is 14.1. The third-order valence-electron chi connectivity index (χ3n) is 8.08. The third kappa shape index (κ3) is 4.73. The summed E-state index contributed by atoms with van der Waals surface area (Å²) in [4.78, 5) is 56.6. The lowest BCUT2D eigenvalue weighted by molar-refractivity contribution is -0.152. The van der Waals surface area contributed by atoms with E-state index >= 15 is 0 Å². The lowest BCUT2D eigenvalue weighted by Gasteiger charge is -2.36. The maximum absolute atomic E-state index is 14.1.